The predicted octanol–water partition coefficient (Wildman–Crippen LogP) is 2.23. The second-order valence-electron chi connectivity index (χ2n) is 5.91. The average molecular weight is 256 g/mol. The number of rotatable bonds is 6. The minimum Gasteiger partial charge on any atom is -0.378 e. The Morgan fingerprint density at radius 1 is 1.44 bits per heavy atom. The summed E-state index contributed by atoms with van der Waals surface area (Å²) in [5, 5.41) is 0. The van der Waals surface area contributed by atoms with Gasteiger partial charge in [-0.2, -0.15) is 0 Å². The van der Waals surface area contributed by atoms with E-state index in [0.717, 1.165) is 18.8 Å². The van der Waals surface area contributed by atoms with Gasteiger partial charge in [0.25, 0.3) is 0 Å². The van der Waals surface area contributed by atoms with E-state index in [1.165, 1.54) is 12.8 Å². The molecule has 3 N–H and O–H groups in total. The van der Waals surface area contributed by atoms with Gasteiger partial charge in [0.15, 0.2) is 0 Å². The number of nitrogens with two attached hydrogens (primary N) is 1. The molecule has 0 aromatic heterocycles. The van der Waals surface area contributed by atoms with Crippen molar-refractivity contribution in [3.63, 3.8) is 0 Å². The minimum absolute atomic E-state index is 0.115. The molecule has 0 aromatic carbocycles. The summed E-state index contributed by atoms with van der Waals surface area (Å²) in [6.07, 6.45) is 5.32. The molecule has 0 heterocycles. The molecule has 0 bridgehead atoms. The van der Waals surface area contributed by atoms with Crippen molar-refractivity contribution in [1.82, 2.24) is 5.43 Å². The Balaban J connectivity index is 2.30. The molecule has 0 aromatic rings. The van der Waals surface area contributed by atoms with Gasteiger partial charge in [-0.05, 0) is 37.0 Å². The number of amides is 1. The largest absolute Gasteiger partial charge is 0.378 e. The fourth-order valence-corrected chi connectivity index (χ4v) is 2.85. The third kappa shape index (κ3) is 4.94. The Morgan fingerprint density at radius 3 is 2.78 bits per heavy atom. The quantitative estimate of drug-likeness (QED) is 0.331. The van der Waals surface area contributed by atoms with Crippen molar-refractivity contribution < 1.29 is 9.53 Å². The lowest BCUT2D eigenvalue weighted by Crippen LogP contribution is -2.35. The Kier molecular flexibility index (Phi) is 6.65. The van der Waals surface area contributed by atoms with Gasteiger partial charge in [0.1, 0.15) is 0 Å². The molecule has 1 saturated carbocycles. The first-order valence-corrected chi connectivity index (χ1v) is 7.15. The van der Waals surface area contributed by atoms with E-state index < -0.39 is 0 Å². The van der Waals surface area contributed by atoms with Crippen LogP contribution < -0.4 is 11.3 Å². The SMILES string of the molecule is CC1CCC(C(C)C)C(OCCCC(=O)NN)C1. The Hall–Kier alpha value is -0.610. The van der Waals surface area contributed by atoms with E-state index in [1.54, 1.807) is 0 Å². The lowest BCUT2D eigenvalue weighted by atomic mass is 9.75. The minimum atomic E-state index is -0.115. The monoisotopic (exact) mass is 256 g/mol. The van der Waals surface area contributed by atoms with E-state index in [9.17, 15) is 4.79 Å². The van der Waals surface area contributed by atoms with Gasteiger partial charge in [-0.25, -0.2) is 5.84 Å². The smallest absolute Gasteiger partial charge is 0.233 e. The molecule has 0 radical (unpaired) electrons. The first-order valence-electron chi connectivity index (χ1n) is 7.15. The zero-order chi connectivity index (χ0) is 13.5. The van der Waals surface area contributed by atoms with E-state index in [0.29, 0.717) is 31.0 Å². The van der Waals surface area contributed by atoms with Crippen molar-refractivity contribution >= 4 is 5.91 Å². The van der Waals surface area contributed by atoms with Gasteiger partial charge in [-0.15, -0.1) is 0 Å². The summed E-state index contributed by atoms with van der Waals surface area (Å²) in [5.74, 6) is 7.03. The number of carbonyl (C=O) groups is 1. The highest BCUT2D eigenvalue weighted by molar-refractivity contribution is 5.75. The summed E-state index contributed by atoms with van der Waals surface area (Å²) in [6.45, 7) is 7.51. The number of nitrogens with one attached hydrogen (secondary N) is 1. The van der Waals surface area contributed by atoms with Crippen LogP contribution in [0.15, 0.2) is 0 Å². The number of carbonyl (C=O) groups excluding carboxylic acids is 1. The molecular formula is C14H28N2O2. The van der Waals surface area contributed by atoms with Gasteiger partial charge in [0.2, 0.25) is 5.91 Å². The summed E-state index contributed by atoms with van der Waals surface area (Å²) < 4.78 is 6.00. The Morgan fingerprint density at radius 2 is 2.17 bits per heavy atom. The maximum absolute atomic E-state index is 11.0. The van der Waals surface area contributed by atoms with Gasteiger partial charge in [0.05, 0.1) is 6.10 Å². The summed E-state index contributed by atoms with van der Waals surface area (Å²) in [5.41, 5.74) is 2.14. The van der Waals surface area contributed by atoms with Gasteiger partial charge < -0.3 is 4.74 Å². The predicted molar refractivity (Wildman–Crippen MR) is 72.6 cm³/mol. The fourth-order valence-electron chi connectivity index (χ4n) is 2.85. The van der Waals surface area contributed by atoms with Crippen LogP contribution in [0.1, 0.15) is 52.9 Å². The van der Waals surface area contributed by atoms with E-state index in [-0.39, 0.29) is 5.91 Å². The Labute approximate surface area is 111 Å². The summed E-state index contributed by atoms with van der Waals surface area (Å²) in [6, 6.07) is 0. The highest BCUT2D eigenvalue weighted by Crippen LogP contribution is 2.35. The average Bonchev–Trinajstić information content (AvgIpc) is 2.34. The van der Waals surface area contributed by atoms with E-state index in [4.69, 9.17) is 10.6 Å². The van der Waals surface area contributed by atoms with Crippen LogP contribution in [0, 0.1) is 17.8 Å². The molecule has 4 nitrogen and oxygen atoms in total. The molecule has 0 saturated heterocycles. The third-order valence-corrected chi connectivity index (χ3v) is 4.00. The number of hydrogen-bond donors (Lipinski definition) is 2. The van der Waals surface area contributed by atoms with Gasteiger partial charge >= 0.3 is 0 Å². The van der Waals surface area contributed by atoms with Gasteiger partial charge in [-0.3, -0.25) is 10.2 Å². The van der Waals surface area contributed by atoms with Crippen molar-refractivity contribution in [2.24, 2.45) is 23.6 Å². The van der Waals surface area contributed by atoms with Crippen LogP contribution in [0.5, 0.6) is 0 Å². The molecule has 0 aliphatic heterocycles. The van der Waals surface area contributed by atoms with Crippen molar-refractivity contribution in [2.45, 2.75) is 59.0 Å². The molecular weight excluding hydrogens is 228 g/mol. The molecule has 4 heteroatoms. The maximum atomic E-state index is 11.0. The highest BCUT2D eigenvalue weighted by atomic mass is 16.5. The zero-order valence-corrected chi connectivity index (χ0v) is 11.9. The molecule has 1 rings (SSSR count). The van der Waals surface area contributed by atoms with Crippen LogP contribution in [0.2, 0.25) is 0 Å². The molecule has 1 amide bonds. The summed E-state index contributed by atoms with van der Waals surface area (Å²) >= 11 is 0. The molecule has 1 aliphatic rings. The van der Waals surface area contributed by atoms with Gasteiger partial charge in [0, 0.05) is 13.0 Å². The van der Waals surface area contributed by atoms with Crippen LogP contribution in [-0.4, -0.2) is 18.6 Å². The highest BCUT2D eigenvalue weighted by Gasteiger charge is 2.31. The number of hydrogen-bond acceptors (Lipinski definition) is 3. The second kappa shape index (κ2) is 7.74. The van der Waals surface area contributed by atoms with Gasteiger partial charge in [-0.1, -0.05) is 27.2 Å². The first kappa shape index (κ1) is 15.4. The molecule has 3 atom stereocenters. The summed E-state index contributed by atoms with van der Waals surface area (Å²) in [4.78, 5) is 11.0. The van der Waals surface area contributed by atoms with Crippen LogP contribution in [0.4, 0.5) is 0 Å². The van der Waals surface area contributed by atoms with Crippen molar-refractivity contribution in [3.05, 3.63) is 0 Å². The van der Waals surface area contributed by atoms with E-state index >= 15 is 0 Å². The van der Waals surface area contributed by atoms with Crippen molar-refractivity contribution in [1.29, 1.82) is 0 Å². The number of hydrazine groups is 1. The zero-order valence-electron chi connectivity index (χ0n) is 11.9. The lowest BCUT2D eigenvalue weighted by Gasteiger charge is -2.37. The van der Waals surface area contributed by atoms with E-state index in [1.807, 2.05) is 0 Å². The molecule has 0 spiro atoms. The van der Waals surface area contributed by atoms with E-state index in [2.05, 4.69) is 26.2 Å². The Bertz CT molecular complexity index is 256. The standard InChI is InChI=1S/C14H28N2O2/c1-10(2)12-7-6-11(3)9-13(12)18-8-4-5-14(17)16-15/h10-13H,4-9,15H2,1-3H3,(H,16,17). The first-order chi connectivity index (χ1) is 8.54. The van der Waals surface area contributed by atoms with Crippen molar-refractivity contribution in [3.8, 4) is 0 Å². The number of ether oxygens (including phenoxy) is 1. The van der Waals surface area contributed by atoms with Crippen LogP contribution in [0.25, 0.3) is 0 Å². The lowest BCUT2D eigenvalue weighted by molar-refractivity contribution is -0.121. The molecule has 1 aliphatic carbocycles. The van der Waals surface area contributed by atoms with Crippen LogP contribution >= 0.6 is 0 Å². The molecule has 1 fully saturated rings. The molecule has 106 valence electrons. The second-order valence-corrected chi connectivity index (χ2v) is 5.91. The summed E-state index contributed by atoms with van der Waals surface area (Å²) in [7, 11) is 0. The van der Waals surface area contributed by atoms with Crippen LogP contribution in [-0.2, 0) is 9.53 Å². The topological polar surface area (TPSA) is 64.3 Å². The fraction of sp³-hybridized carbons (Fsp3) is 0.929. The molecule has 18 heavy (non-hydrogen) atoms. The van der Waals surface area contributed by atoms with Crippen molar-refractivity contribution in [2.75, 3.05) is 6.61 Å². The van der Waals surface area contributed by atoms with Crippen LogP contribution in [0.3, 0.4) is 0 Å². The maximum Gasteiger partial charge on any atom is 0.233 e. The third-order valence-electron chi connectivity index (χ3n) is 4.00. The molecule has 3 unspecified atom stereocenters. The normalized spacial score (nSPS) is 28.4.